The summed E-state index contributed by atoms with van der Waals surface area (Å²) in [5, 5.41) is 77.8. The minimum absolute atomic E-state index is 0.0152. The summed E-state index contributed by atoms with van der Waals surface area (Å²) in [5.41, 5.74) is -0.0862. The number of hydrogen-bond acceptors (Lipinski definition) is 15. The van der Waals surface area contributed by atoms with Gasteiger partial charge < -0.3 is 54.9 Å². The van der Waals surface area contributed by atoms with Crippen LogP contribution in [-0.4, -0.2) is 110 Å². The van der Waals surface area contributed by atoms with Gasteiger partial charge in [0, 0.05) is 68.2 Å². The van der Waals surface area contributed by atoms with Crippen molar-refractivity contribution in [2.75, 3.05) is 19.5 Å². The number of nitrogens with zero attached hydrogens (tertiary/aromatic N) is 2. The number of phenolic OH excluding ortho intramolecular Hbond substituents is 3. The number of methoxy groups -OCH3 is 1. The highest BCUT2D eigenvalue weighted by Crippen LogP contribution is 2.55. The smallest absolute Gasteiger partial charge is 0.312 e. The van der Waals surface area contributed by atoms with Crippen LogP contribution in [-0.2, 0) is 23.8 Å². The standard InChI is InChI=1S/C48H61N3O13/c1-23-16-15-17-24(2)47(60)50-37-32(22-49-51(10)29(7)41(56)31-18-13-12-14-19-31)42(57)34-35(43(37)58)40(55)28(6)45-36(34)46(59)48(9,64-45)62-21-20-33(61-11)25(3)44(63-30(8)52)27(5)39(54)26(4)38(23)53/h12-23,25-27,29,33,38-39,41,44,53-58H,1-11H3,(H,50,60)/b16-15+,21-20+,24-17-,49-22+/t23-,25+,26+,27+,29?,33-,38-,39+,41?,44+,48-/m0/s1. The van der Waals surface area contributed by atoms with Crippen molar-refractivity contribution in [3.63, 3.8) is 0 Å². The third kappa shape index (κ3) is 9.60. The number of fused-ring (bicyclic) bond motifs is 14. The maximum atomic E-state index is 14.5. The molecule has 64 heavy (non-hydrogen) atoms. The van der Waals surface area contributed by atoms with Gasteiger partial charge in [0.05, 0.1) is 59.0 Å². The van der Waals surface area contributed by atoms with Gasteiger partial charge in [0.25, 0.3) is 11.7 Å². The first kappa shape index (κ1) is 49.1. The van der Waals surface area contributed by atoms with Crippen molar-refractivity contribution >= 4 is 40.3 Å². The Kier molecular flexibility index (Phi) is 15.2. The number of phenols is 3. The van der Waals surface area contributed by atoms with E-state index in [4.69, 9.17) is 18.9 Å². The lowest BCUT2D eigenvalue weighted by atomic mass is 9.78. The van der Waals surface area contributed by atoms with E-state index in [1.807, 2.05) is 6.07 Å². The molecule has 3 aromatic rings. The molecule has 0 saturated carbocycles. The molecule has 346 valence electrons. The molecular formula is C48H61N3O13. The normalized spacial score (nSPS) is 29.6. The number of hydrazone groups is 1. The maximum Gasteiger partial charge on any atom is 0.312 e. The zero-order valence-corrected chi connectivity index (χ0v) is 38.1. The van der Waals surface area contributed by atoms with Crippen LogP contribution in [0.3, 0.4) is 0 Å². The maximum absolute atomic E-state index is 14.5. The molecule has 0 spiro atoms. The van der Waals surface area contributed by atoms with Gasteiger partial charge in [0.2, 0.25) is 0 Å². The van der Waals surface area contributed by atoms with Crippen LogP contribution in [0, 0.1) is 30.6 Å². The highest BCUT2D eigenvalue weighted by molar-refractivity contribution is 6.23. The number of likely N-dealkylation sites (N-methyl/N-ethyl adjacent to an activating group) is 1. The molecule has 0 fully saturated rings. The van der Waals surface area contributed by atoms with Gasteiger partial charge in [0.15, 0.2) is 5.75 Å². The Bertz CT molecular complexity index is 2360. The molecule has 0 saturated heterocycles. The Balaban J connectivity index is 1.71. The van der Waals surface area contributed by atoms with Gasteiger partial charge in [-0.05, 0) is 32.4 Å². The van der Waals surface area contributed by atoms with E-state index in [-0.39, 0.29) is 44.5 Å². The number of esters is 1. The van der Waals surface area contributed by atoms with Crippen LogP contribution < -0.4 is 10.1 Å². The summed E-state index contributed by atoms with van der Waals surface area (Å²) >= 11 is 0. The molecule has 0 radical (unpaired) electrons. The number of hydrogen-bond donors (Lipinski definition) is 7. The van der Waals surface area contributed by atoms with Gasteiger partial charge in [-0.3, -0.25) is 19.4 Å². The number of carbonyl (C=O) groups is 3. The number of carbonyl (C=O) groups excluding carboxylic acids is 3. The number of aliphatic hydroxyl groups excluding tert-OH is 3. The molecule has 3 aliphatic rings. The lowest BCUT2D eigenvalue weighted by molar-refractivity contribution is -0.160. The molecule has 7 N–H and O–H groups in total. The van der Waals surface area contributed by atoms with Gasteiger partial charge >= 0.3 is 11.8 Å². The van der Waals surface area contributed by atoms with E-state index in [9.17, 15) is 45.0 Å². The van der Waals surface area contributed by atoms with E-state index in [1.54, 1.807) is 78.1 Å². The van der Waals surface area contributed by atoms with Gasteiger partial charge in [-0.2, -0.15) is 5.10 Å². The minimum Gasteiger partial charge on any atom is -0.507 e. The van der Waals surface area contributed by atoms with Gasteiger partial charge in [-0.25, -0.2) is 0 Å². The number of benzene rings is 3. The minimum atomic E-state index is -2.09. The average Bonchev–Trinajstić information content (AvgIpc) is 3.53. The first-order valence-corrected chi connectivity index (χ1v) is 21.2. The first-order chi connectivity index (χ1) is 30.1. The molecule has 3 aliphatic heterocycles. The van der Waals surface area contributed by atoms with E-state index in [2.05, 4.69) is 10.4 Å². The third-order valence-electron chi connectivity index (χ3n) is 12.6. The molecule has 16 nitrogen and oxygen atoms in total. The Hall–Kier alpha value is -5.94. The number of rotatable bonds is 7. The summed E-state index contributed by atoms with van der Waals surface area (Å²) in [4.78, 5) is 40.8. The number of Topliss-reactive ketones (excluding diaryl/α,β-unsaturated/α-hetero) is 1. The monoisotopic (exact) mass is 887 g/mol. The average molecular weight is 888 g/mol. The second-order valence-electron chi connectivity index (χ2n) is 17.0. The number of allylic oxidation sites excluding steroid dienone is 2. The quantitative estimate of drug-likeness (QED) is 0.0464. The summed E-state index contributed by atoms with van der Waals surface area (Å²) in [6.45, 7) is 14.1. The van der Waals surface area contributed by atoms with Crippen molar-refractivity contribution in [3.8, 4) is 23.0 Å². The van der Waals surface area contributed by atoms with Crippen molar-refractivity contribution in [1.82, 2.24) is 5.01 Å². The SMILES string of the molecule is CO[C@H]1/C=C/O[C@@]2(C)Oc3c(C)c(O)c4c(O)c(c(/C=N/N(C)C(C)C(O)c5ccccc5)c(O)c4c3C2=O)NC(=O)/C(C)=C\C=C\[C@H](C)[C@H](O)[C@@H](C)[C@@H](O)[C@@H](C)[C@H](OC(C)=O)[C@@H]1C. The van der Waals surface area contributed by atoms with E-state index in [1.165, 1.54) is 58.2 Å². The summed E-state index contributed by atoms with van der Waals surface area (Å²) in [5.74, 6) is -8.88. The number of aliphatic hydroxyl groups is 3. The molecular weight excluding hydrogens is 827 g/mol. The Morgan fingerprint density at radius 1 is 0.953 bits per heavy atom. The number of aromatic hydroxyl groups is 3. The number of ketones is 1. The van der Waals surface area contributed by atoms with Crippen molar-refractivity contribution in [1.29, 1.82) is 0 Å². The number of ether oxygens (including phenoxy) is 4. The number of anilines is 1. The lowest BCUT2D eigenvalue weighted by Gasteiger charge is -2.38. The molecule has 0 aromatic heterocycles. The number of amides is 1. The zero-order valence-electron chi connectivity index (χ0n) is 38.1. The predicted molar refractivity (Wildman–Crippen MR) is 240 cm³/mol. The topological polar surface area (TPSA) is 237 Å². The predicted octanol–water partition coefficient (Wildman–Crippen LogP) is 6.14. The number of nitrogens with one attached hydrogen (secondary N) is 1. The van der Waals surface area contributed by atoms with Crippen LogP contribution in [0.25, 0.3) is 10.8 Å². The summed E-state index contributed by atoms with van der Waals surface area (Å²) in [6.07, 6.45) is 3.51. The van der Waals surface area contributed by atoms with E-state index < -0.39 is 101 Å². The highest BCUT2D eigenvalue weighted by Gasteiger charge is 2.50. The van der Waals surface area contributed by atoms with Crippen LogP contribution in [0.15, 0.2) is 71.6 Å². The summed E-state index contributed by atoms with van der Waals surface area (Å²) < 4.78 is 23.6. The van der Waals surface area contributed by atoms with Crippen molar-refractivity contribution in [3.05, 3.63) is 88.7 Å². The van der Waals surface area contributed by atoms with E-state index in [0.29, 0.717) is 5.56 Å². The van der Waals surface area contributed by atoms with Gasteiger partial charge in [0.1, 0.15) is 29.5 Å². The molecule has 16 heteroatoms. The summed E-state index contributed by atoms with van der Waals surface area (Å²) in [6, 6.07) is 8.28. The second-order valence-corrected chi connectivity index (χ2v) is 17.0. The van der Waals surface area contributed by atoms with Gasteiger partial charge in [-0.1, -0.05) is 76.3 Å². The summed E-state index contributed by atoms with van der Waals surface area (Å²) in [7, 11) is 3.00. The third-order valence-corrected chi connectivity index (χ3v) is 12.6. The second kappa shape index (κ2) is 19.8. The van der Waals surface area contributed by atoms with Gasteiger partial charge in [-0.15, -0.1) is 0 Å². The molecule has 6 rings (SSSR count). The van der Waals surface area contributed by atoms with Crippen LogP contribution in [0.4, 0.5) is 5.69 Å². The molecule has 1 amide bonds. The van der Waals surface area contributed by atoms with Crippen molar-refractivity contribution < 1.29 is 64.0 Å². The largest absolute Gasteiger partial charge is 0.507 e. The van der Waals surface area contributed by atoms with E-state index in [0.717, 1.165) is 6.21 Å². The Morgan fingerprint density at radius 3 is 2.23 bits per heavy atom. The highest BCUT2D eigenvalue weighted by atomic mass is 16.7. The van der Waals surface area contributed by atoms with Crippen LogP contribution in [0.1, 0.15) is 88.5 Å². The molecule has 5 bridgehead atoms. The van der Waals surface area contributed by atoms with E-state index >= 15 is 0 Å². The molecule has 3 aromatic carbocycles. The van der Waals surface area contributed by atoms with Crippen LogP contribution in [0.5, 0.6) is 23.0 Å². The fourth-order valence-corrected chi connectivity index (χ4v) is 8.26. The zero-order chi connectivity index (χ0) is 47.5. The first-order valence-electron chi connectivity index (χ1n) is 21.2. The van der Waals surface area contributed by atoms with Crippen LogP contribution >= 0.6 is 0 Å². The van der Waals surface area contributed by atoms with Crippen molar-refractivity contribution in [2.45, 2.75) is 105 Å². The Labute approximate surface area is 373 Å². The molecule has 11 atom stereocenters. The molecule has 0 aliphatic carbocycles. The van der Waals surface area contributed by atoms with Crippen LogP contribution in [0.2, 0.25) is 0 Å². The fraction of sp³-hybridized carbons (Fsp3) is 0.458. The molecule has 2 unspecified atom stereocenters. The Morgan fingerprint density at radius 2 is 1.61 bits per heavy atom. The fourth-order valence-electron chi connectivity index (χ4n) is 8.26. The lowest BCUT2D eigenvalue weighted by Crippen LogP contribution is -2.46. The van der Waals surface area contributed by atoms with Crippen molar-refractivity contribution in [2.24, 2.45) is 28.8 Å². The molecule has 3 heterocycles.